The number of carbonyl (C=O) groups is 2. The summed E-state index contributed by atoms with van der Waals surface area (Å²) in [5.41, 5.74) is 5.81. The Labute approximate surface area is 130 Å². The molecule has 2 amide bonds. The van der Waals surface area contributed by atoms with Crippen molar-refractivity contribution in [3.63, 3.8) is 0 Å². The fourth-order valence-corrected chi connectivity index (χ4v) is 1.99. The highest BCUT2D eigenvalue weighted by atomic mass is 32.2. The van der Waals surface area contributed by atoms with E-state index in [1.54, 1.807) is 0 Å². The number of aromatic nitrogens is 2. The molecule has 0 aliphatic carbocycles. The molecule has 1 aromatic heterocycles. The number of nitrogens with two attached hydrogens (primary N) is 1. The Balaban J connectivity index is 2.49. The van der Waals surface area contributed by atoms with Crippen molar-refractivity contribution in [2.45, 2.75) is 31.7 Å². The summed E-state index contributed by atoms with van der Waals surface area (Å²) >= 11 is 1.54. The van der Waals surface area contributed by atoms with E-state index in [1.165, 1.54) is 18.7 Å². The topological polar surface area (TPSA) is 164 Å². The highest BCUT2D eigenvalue weighted by Gasteiger charge is 2.25. The third-order valence-corrected chi connectivity index (χ3v) is 3.29. The van der Waals surface area contributed by atoms with Gasteiger partial charge in [-0.05, 0) is 13.2 Å². The first kappa shape index (κ1) is 18.2. The van der Waals surface area contributed by atoms with Crippen LogP contribution in [-0.4, -0.2) is 56.5 Å². The number of hydrogen-bond acceptors (Lipinski definition) is 8. The number of nitrogens with one attached hydrogen (secondary N) is 2. The normalized spacial score (nSPS) is 14.9. The van der Waals surface area contributed by atoms with Crippen LogP contribution in [0, 0.1) is 0 Å². The molecule has 1 aromatic rings. The minimum absolute atomic E-state index is 0.0863. The van der Waals surface area contributed by atoms with Crippen LogP contribution in [-0.2, 0) is 11.3 Å². The first-order valence-electron chi connectivity index (χ1n) is 6.37. The van der Waals surface area contributed by atoms with Gasteiger partial charge < -0.3 is 31.1 Å². The monoisotopic (exact) mass is 333 g/mol. The lowest BCUT2D eigenvalue weighted by molar-refractivity contribution is -0.141. The molecular weight excluding hydrogens is 314 g/mol. The summed E-state index contributed by atoms with van der Waals surface area (Å²) < 4.78 is 4.92. The first-order chi connectivity index (χ1) is 10.3. The summed E-state index contributed by atoms with van der Waals surface area (Å²) in [6.45, 7) is 1.17. The van der Waals surface area contributed by atoms with E-state index in [2.05, 4.69) is 20.8 Å². The molecule has 0 aliphatic rings. The number of carboxylic acids is 1. The lowest BCUT2D eigenvalue weighted by atomic mass is 10.2. The molecule has 0 fully saturated rings. The molecule has 10 nitrogen and oxygen atoms in total. The molecule has 3 atom stereocenters. The van der Waals surface area contributed by atoms with Crippen molar-refractivity contribution in [3.05, 3.63) is 11.7 Å². The number of rotatable bonds is 8. The van der Waals surface area contributed by atoms with E-state index in [1.807, 2.05) is 6.26 Å². The van der Waals surface area contributed by atoms with Crippen molar-refractivity contribution in [2.75, 3.05) is 12.0 Å². The first-order valence-corrected chi connectivity index (χ1v) is 7.76. The Morgan fingerprint density at radius 1 is 1.50 bits per heavy atom. The molecule has 0 saturated carbocycles. The Hall–Kier alpha value is -1.85. The number of aliphatic carboxylic acids is 1. The summed E-state index contributed by atoms with van der Waals surface area (Å²) in [6.07, 6.45) is 0.663. The second-order valence-electron chi connectivity index (χ2n) is 4.49. The Kier molecular flexibility index (Phi) is 7.08. The summed E-state index contributed by atoms with van der Waals surface area (Å²) in [6, 6.07) is -2.55. The number of aliphatic hydroxyl groups excluding tert-OH is 1. The van der Waals surface area contributed by atoms with Gasteiger partial charge in [-0.2, -0.15) is 16.7 Å². The molecule has 6 N–H and O–H groups in total. The maximum atomic E-state index is 11.6. The van der Waals surface area contributed by atoms with Crippen molar-refractivity contribution in [1.82, 2.24) is 20.8 Å². The highest BCUT2D eigenvalue weighted by molar-refractivity contribution is 7.98. The number of carbonyl (C=O) groups excluding carboxylic acids is 1. The predicted molar refractivity (Wildman–Crippen MR) is 78.1 cm³/mol. The molecule has 11 heteroatoms. The van der Waals surface area contributed by atoms with Crippen molar-refractivity contribution in [3.8, 4) is 0 Å². The molecule has 1 rings (SSSR count). The molecule has 1 heterocycles. The Morgan fingerprint density at radius 2 is 2.18 bits per heavy atom. The van der Waals surface area contributed by atoms with Crippen LogP contribution >= 0.6 is 11.8 Å². The average molecular weight is 333 g/mol. The fraction of sp³-hybridized carbons (Fsp3) is 0.636. The van der Waals surface area contributed by atoms with Gasteiger partial charge in [0.25, 0.3) is 0 Å². The van der Waals surface area contributed by atoms with E-state index in [-0.39, 0.29) is 18.5 Å². The van der Waals surface area contributed by atoms with E-state index in [0.717, 1.165) is 0 Å². The Morgan fingerprint density at radius 3 is 2.73 bits per heavy atom. The van der Waals surface area contributed by atoms with Gasteiger partial charge in [-0.25, -0.2) is 9.59 Å². The zero-order valence-electron chi connectivity index (χ0n) is 12.1. The smallest absolute Gasteiger partial charge is 0.328 e. The SMILES string of the molecule is CSCC(N)c1noc(CNC(=O)NC(C(=O)O)C(C)O)n1. The van der Waals surface area contributed by atoms with Crippen LogP contribution in [0.1, 0.15) is 24.7 Å². The van der Waals surface area contributed by atoms with E-state index < -0.39 is 24.1 Å². The predicted octanol–water partition coefficient (Wildman–Crippen LogP) is -0.934. The van der Waals surface area contributed by atoms with Crippen LogP contribution in [0.15, 0.2) is 4.52 Å². The number of amides is 2. The molecule has 0 spiro atoms. The molecule has 22 heavy (non-hydrogen) atoms. The number of nitrogens with zero attached hydrogens (tertiary/aromatic N) is 2. The molecule has 0 aliphatic heterocycles. The van der Waals surface area contributed by atoms with E-state index in [9.17, 15) is 14.7 Å². The maximum absolute atomic E-state index is 11.6. The van der Waals surface area contributed by atoms with E-state index in [0.29, 0.717) is 11.6 Å². The number of aliphatic hydroxyl groups is 1. The highest BCUT2D eigenvalue weighted by Crippen LogP contribution is 2.10. The lowest BCUT2D eigenvalue weighted by Crippen LogP contribution is -2.51. The van der Waals surface area contributed by atoms with Crippen molar-refractivity contribution in [1.29, 1.82) is 0 Å². The molecule has 0 saturated heterocycles. The van der Waals surface area contributed by atoms with Crippen molar-refractivity contribution in [2.24, 2.45) is 5.73 Å². The summed E-state index contributed by atoms with van der Waals surface area (Å²) in [4.78, 5) is 26.4. The maximum Gasteiger partial charge on any atom is 0.328 e. The number of carboxylic acid groups (broad SMARTS) is 1. The van der Waals surface area contributed by atoms with Gasteiger partial charge in [0.15, 0.2) is 11.9 Å². The van der Waals surface area contributed by atoms with Crippen LogP contribution in [0.25, 0.3) is 0 Å². The van der Waals surface area contributed by atoms with E-state index >= 15 is 0 Å². The lowest BCUT2D eigenvalue weighted by Gasteiger charge is -2.16. The van der Waals surface area contributed by atoms with Gasteiger partial charge in [0.05, 0.1) is 18.7 Å². The zero-order valence-corrected chi connectivity index (χ0v) is 13.0. The van der Waals surface area contributed by atoms with Crippen LogP contribution in [0.2, 0.25) is 0 Å². The van der Waals surface area contributed by atoms with Crippen LogP contribution < -0.4 is 16.4 Å². The third kappa shape index (κ3) is 5.50. The number of thioether (sulfide) groups is 1. The standard InChI is InChI=1S/C11H19N5O5S/c1-5(17)8(10(18)19)15-11(20)13-3-7-14-9(16-21-7)6(12)4-22-2/h5-6,8,17H,3-4,12H2,1-2H3,(H,18,19)(H2,13,15,20). The fourth-order valence-electron chi connectivity index (χ4n) is 1.48. The van der Waals surface area contributed by atoms with Gasteiger partial charge in [0.1, 0.15) is 0 Å². The molecule has 3 unspecified atom stereocenters. The molecule has 0 bridgehead atoms. The van der Waals surface area contributed by atoms with E-state index in [4.69, 9.17) is 15.4 Å². The molecule has 0 aromatic carbocycles. The van der Waals surface area contributed by atoms with Crippen LogP contribution in [0.3, 0.4) is 0 Å². The minimum Gasteiger partial charge on any atom is -0.480 e. The van der Waals surface area contributed by atoms with Gasteiger partial charge in [-0.15, -0.1) is 0 Å². The largest absolute Gasteiger partial charge is 0.480 e. The van der Waals surface area contributed by atoms with Crippen LogP contribution in [0.4, 0.5) is 4.79 Å². The van der Waals surface area contributed by atoms with Gasteiger partial charge in [0, 0.05) is 5.75 Å². The van der Waals surface area contributed by atoms with Gasteiger partial charge in [0.2, 0.25) is 5.89 Å². The number of urea groups is 1. The van der Waals surface area contributed by atoms with Crippen LogP contribution in [0.5, 0.6) is 0 Å². The summed E-state index contributed by atoms with van der Waals surface area (Å²) in [7, 11) is 0. The second kappa shape index (κ2) is 8.56. The number of hydrogen-bond donors (Lipinski definition) is 5. The third-order valence-electron chi connectivity index (χ3n) is 2.60. The van der Waals surface area contributed by atoms with Gasteiger partial charge in [-0.3, -0.25) is 0 Å². The van der Waals surface area contributed by atoms with Crippen molar-refractivity contribution >= 4 is 23.8 Å². The summed E-state index contributed by atoms with van der Waals surface area (Å²) in [5, 5.41) is 26.3. The second-order valence-corrected chi connectivity index (χ2v) is 5.40. The molecule has 124 valence electrons. The summed E-state index contributed by atoms with van der Waals surface area (Å²) in [5.74, 6) is -0.237. The Bertz CT molecular complexity index is 509. The molecule has 0 radical (unpaired) electrons. The average Bonchev–Trinajstić information content (AvgIpc) is 2.91. The zero-order chi connectivity index (χ0) is 16.7. The molecular formula is C11H19N5O5S. The van der Waals surface area contributed by atoms with Crippen molar-refractivity contribution < 1.29 is 24.3 Å². The quantitative estimate of drug-likeness (QED) is 0.404. The van der Waals surface area contributed by atoms with Gasteiger partial charge in [-0.1, -0.05) is 5.16 Å². The van der Waals surface area contributed by atoms with Gasteiger partial charge >= 0.3 is 12.0 Å². The minimum atomic E-state index is -1.41.